The summed E-state index contributed by atoms with van der Waals surface area (Å²) in [6.07, 6.45) is 5.93. The molecule has 2 saturated heterocycles. The SMILES string of the molecule is N#CCC(=O)N1CCC[C@@H](Nc2nc(-c3cnn4ccccc34)nc(-c3ccnc(N4CCCN(C(=O)O)CC4)c3)c2F)C1. The molecule has 6 heterocycles. The van der Waals surface area contributed by atoms with Crippen LogP contribution in [0.2, 0.25) is 0 Å². The Labute approximate surface area is 252 Å². The number of rotatable bonds is 6. The second-order valence-corrected chi connectivity index (χ2v) is 10.8. The predicted molar refractivity (Wildman–Crippen MR) is 159 cm³/mol. The van der Waals surface area contributed by atoms with Crippen molar-refractivity contribution in [3.05, 3.63) is 54.7 Å². The molecule has 0 spiro atoms. The molecule has 0 bridgehead atoms. The predicted octanol–water partition coefficient (Wildman–Crippen LogP) is 3.50. The zero-order valence-corrected chi connectivity index (χ0v) is 23.9. The van der Waals surface area contributed by atoms with Crippen LogP contribution in [0.15, 0.2) is 48.9 Å². The van der Waals surface area contributed by atoms with Crippen molar-refractivity contribution in [1.82, 2.24) is 34.4 Å². The lowest BCUT2D eigenvalue weighted by Gasteiger charge is -2.33. The summed E-state index contributed by atoms with van der Waals surface area (Å²) in [5, 5.41) is 26.0. The molecule has 0 aliphatic carbocycles. The molecule has 0 aromatic carbocycles. The van der Waals surface area contributed by atoms with Crippen molar-refractivity contribution in [3.8, 4) is 28.7 Å². The van der Waals surface area contributed by atoms with Crippen molar-refractivity contribution in [1.29, 1.82) is 5.26 Å². The molecule has 2 aliphatic heterocycles. The fourth-order valence-corrected chi connectivity index (χ4v) is 5.73. The highest BCUT2D eigenvalue weighted by molar-refractivity contribution is 5.79. The quantitative estimate of drug-likeness (QED) is 0.337. The second kappa shape index (κ2) is 12.5. The van der Waals surface area contributed by atoms with Gasteiger partial charge in [0, 0.05) is 63.3 Å². The maximum absolute atomic E-state index is 16.4. The number of hydrogen-bond donors (Lipinski definition) is 2. The number of fused-ring (bicyclic) bond motifs is 1. The van der Waals surface area contributed by atoms with Crippen LogP contribution in [0.25, 0.3) is 28.2 Å². The lowest BCUT2D eigenvalue weighted by atomic mass is 10.0. The average Bonchev–Trinajstić information content (AvgIpc) is 3.30. The fourth-order valence-electron chi connectivity index (χ4n) is 5.73. The van der Waals surface area contributed by atoms with Crippen molar-refractivity contribution in [3.63, 3.8) is 0 Å². The number of nitrogens with zero attached hydrogens (tertiary/aromatic N) is 9. The highest BCUT2D eigenvalue weighted by atomic mass is 19.1. The third kappa shape index (κ3) is 5.94. The monoisotopic (exact) mass is 598 g/mol. The summed E-state index contributed by atoms with van der Waals surface area (Å²) in [6.45, 7) is 2.71. The third-order valence-electron chi connectivity index (χ3n) is 7.97. The molecule has 13 nitrogen and oxygen atoms in total. The van der Waals surface area contributed by atoms with Gasteiger partial charge in [-0.25, -0.2) is 28.7 Å². The van der Waals surface area contributed by atoms with E-state index in [2.05, 4.69) is 25.4 Å². The number of amides is 2. The Hall–Kier alpha value is -5.32. The zero-order valence-electron chi connectivity index (χ0n) is 23.9. The van der Waals surface area contributed by atoms with Crippen LogP contribution < -0.4 is 10.2 Å². The standard InChI is InChI=1S/C30H31FN10O3/c31-26-27(20-8-10-33-24(17-20)38-12-4-13-39(16-15-38)30(43)44)36-28(22-18-34-41-14-2-1-6-23(22)41)37-29(26)35-21-5-3-11-40(19-21)25(42)7-9-32/h1-2,6,8,10,14,17-18,21H,3-5,7,11-13,15-16,19H2,(H,43,44)(H,35,36,37)/t21-/m1/s1. The minimum absolute atomic E-state index is 0.00472. The van der Waals surface area contributed by atoms with E-state index in [0.717, 1.165) is 5.52 Å². The molecule has 4 aromatic heterocycles. The molecule has 2 fully saturated rings. The molecule has 2 amide bonds. The van der Waals surface area contributed by atoms with Crippen LogP contribution in [-0.2, 0) is 4.79 Å². The second-order valence-electron chi connectivity index (χ2n) is 10.8. The van der Waals surface area contributed by atoms with Crippen molar-refractivity contribution in [2.45, 2.75) is 31.7 Å². The number of carboxylic acid groups (broad SMARTS) is 1. The summed E-state index contributed by atoms with van der Waals surface area (Å²) in [6, 6.07) is 10.7. The summed E-state index contributed by atoms with van der Waals surface area (Å²) in [4.78, 5) is 42.7. The first-order valence-corrected chi connectivity index (χ1v) is 14.5. The van der Waals surface area contributed by atoms with Crippen molar-refractivity contribution >= 4 is 29.2 Å². The van der Waals surface area contributed by atoms with Crippen molar-refractivity contribution < 1.29 is 19.1 Å². The van der Waals surface area contributed by atoms with E-state index in [1.807, 2.05) is 29.2 Å². The van der Waals surface area contributed by atoms with Gasteiger partial charge in [-0.05, 0) is 43.5 Å². The van der Waals surface area contributed by atoms with Gasteiger partial charge in [0.1, 0.15) is 17.9 Å². The van der Waals surface area contributed by atoms with Gasteiger partial charge in [-0.1, -0.05) is 6.07 Å². The molecular formula is C30H31FN10O3. The Balaban J connectivity index is 1.37. The molecule has 0 unspecified atom stereocenters. The number of nitrogens with one attached hydrogen (secondary N) is 1. The van der Waals surface area contributed by atoms with E-state index in [-0.39, 0.29) is 35.7 Å². The summed E-state index contributed by atoms with van der Waals surface area (Å²) in [5.41, 5.74) is 1.95. The maximum Gasteiger partial charge on any atom is 0.407 e. The van der Waals surface area contributed by atoms with Gasteiger partial charge in [-0.3, -0.25) is 4.79 Å². The molecule has 1 atom stereocenters. The number of aromatic nitrogens is 5. The number of hydrogen-bond acceptors (Lipinski definition) is 9. The Kier molecular flexibility index (Phi) is 8.18. The highest BCUT2D eigenvalue weighted by Gasteiger charge is 2.27. The molecule has 2 aliphatic rings. The van der Waals surface area contributed by atoms with Crippen LogP contribution in [0, 0.1) is 17.1 Å². The van der Waals surface area contributed by atoms with Crippen molar-refractivity contribution in [2.75, 3.05) is 49.5 Å². The summed E-state index contributed by atoms with van der Waals surface area (Å²) < 4.78 is 18.1. The number of piperidine rings is 1. The van der Waals surface area contributed by atoms with Crippen LogP contribution >= 0.6 is 0 Å². The molecule has 4 aromatic rings. The molecular weight excluding hydrogens is 567 g/mol. The minimum atomic E-state index is -0.951. The molecule has 6 rings (SSSR count). The first kappa shape index (κ1) is 28.8. The number of nitriles is 1. The lowest BCUT2D eigenvalue weighted by molar-refractivity contribution is -0.131. The van der Waals surface area contributed by atoms with Gasteiger partial charge in [-0.2, -0.15) is 10.4 Å². The zero-order chi connectivity index (χ0) is 30.6. The van der Waals surface area contributed by atoms with Gasteiger partial charge in [0.05, 0.1) is 23.3 Å². The normalized spacial score (nSPS) is 17.3. The van der Waals surface area contributed by atoms with Gasteiger partial charge in [0.15, 0.2) is 17.5 Å². The minimum Gasteiger partial charge on any atom is -0.465 e. The number of carbonyl (C=O) groups is 2. The largest absolute Gasteiger partial charge is 0.465 e. The van der Waals surface area contributed by atoms with Crippen LogP contribution in [0.5, 0.6) is 0 Å². The first-order valence-electron chi connectivity index (χ1n) is 14.5. The van der Waals surface area contributed by atoms with Crippen LogP contribution in [0.1, 0.15) is 25.7 Å². The molecule has 0 radical (unpaired) electrons. The summed E-state index contributed by atoms with van der Waals surface area (Å²) >= 11 is 0. The maximum atomic E-state index is 16.4. The molecule has 226 valence electrons. The van der Waals surface area contributed by atoms with Crippen LogP contribution in [0.3, 0.4) is 0 Å². The topological polar surface area (TPSA) is 156 Å². The number of pyridine rings is 2. The van der Waals surface area contributed by atoms with Gasteiger partial charge >= 0.3 is 6.09 Å². The van der Waals surface area contributed by atoms with Crippen molar-refractivity contribution in [2.24, 2.45) is 0 Å². The first-order chi connectivity index (χ1) is 21.4. The van der Waals surface area contributed by atoms with Gasteiger partial charge in [-0.15, -0.1) is 0 Å². The van der Waals surface area contributed by atoms with E-state index in [0.29, 0.717) is 75.5 Å². The summed E-state index contributed by atoms with van der Waals surface area (Å²) in [5.74, 6) is -0.0117. The summed E-state index contributed by atoms with van der Waals surface area (Å²) in [7, 11) is 0. The van der Waals surface area contributed by atoms with E-state index < -0.39 is 11.9 Å². The third-order valence-corrected chi connectivity index (χ3v) is 7.97. The van der Waals surface area contributed by atoms with E-state index >= 15 is 4.39 Å². The Bertz CT molecular complexity index is 1740. The van der Waals surface area contributed by atoms with E-state index in [1.165, 1.54) is 4.90 Å². The number of halogens is 1. The number of anilines is 2. The van der Waals surface area contributed by atoms with Crippen LogP contribution in [0.4, 0.5) is 20.8 Å². The molecule has 14 heteroatoms. The van der Waals surface area contributed by atoms with Gasteiger partial charge < -0.3 is 25.1 Å². The number of likely N-dealkylation sites (tertiary alicyclic amines) is 1. The van der Waals surface area contributed by atoms with E-state index in [4.69, 9.17) is 5.26 Å². The molecule has 0 saturated carbocycles. The molecule has 44 heavy (non-hydrogen) atoms. The lowest BCUT2D eigenvalue weighted by Crippen LogP contribution is -2.45. The highest BCUT2D eigenvalue weighted by Crippen LogP contribution is 2.32. The smallest absolute Gasteiger partial charge is 0.407 e. The number of carbonyl (C=O) groups excluding carboxylic acids is 1. The van der Waals surface area contributed by atoms with Crippen LogP contribution in [-0.4, -0.2) is 96.8 Å². The molecule has 2 N–H and O–H groups in total. The average molecular weight is 599 g/mol. The Morgan fingerprint density at radius 2 is 1.95 bits per heavy atom. The van der Waals surface area contributed by atoms with Gasteiger partial charge in [0.2, 0.25) is 5.91 Å². The van der Waals surface area contributed by atoms with E-state index in [1.54, 1.807) is 40.1 Å². The Morgan fingerprint density at radius 3 is 2.80 bits per heavy atom. The van der Waals surface area contributed by atoms with E-state index in [9.17, 15) is 14.7 Å². The fraction of sp³-hybridized carbons (Fsp3) is 0.367. The Morgan fingerprint density at radius 1 is 1.09 bits per heavy atom. The van der Waals surface area contributed by atoms with Gasteiger partial charge in [0.25, 0.3) is 0 Å².